The van der Waals surface area contributed by atoms with E-state index in [9.17, 15) is 0 Å². The molecule has 0 aromatic rings. The Hall–Kier alpha value is -0.0400. The lowest BCUT2D eigenvalue weighted by atomic mass is 9.91. The van der Waals surface area contributed by atoms with Crippen molar-refractivity contribution >= 4 is 29.9 Å². The fourth-order valence-electron chi connectivity index (χ4n) is 2.99. The number of halogens is 1. The normalized spacial score (nSPS) is 18.0. The molecule has 0 aromatic heterocycles. The van der Waals surface area contributed by atoms with E-state index < -0.39 is 0 Å². The van der Waals surface area contributed by atoms with Crippen LogP contribution in [0.5, 0.6) is 0 Å². The van der Waals surface area contributed by atoms with Crippen LogP contribution in [0.3, 0.4) is 0 Å². The highest BCUT2D eigenvalue weighted by molar-refractivity contribution is 14.0. The zero-order valence-electron chi connectivity index (χ0n) is 16.1. The van der Waals surface area contributed by atoms with Crippen LogP contribution in [0.15, 0.2) is 4.99 Å². The molecule has 0 saturated carbocycles. The van der Waals surface area contributed by atoms with Gasteiger partial charge in [0.1, 0.15) is 0 Å². The van der Waals surface area contributed by atoms with Crippen LogP contribution < -0.4 is 10.6 Å². The third-order valence-corrected chi connectivity index (χ3v) is 4.17. The van der Waals surface area contributed by atoms with Gasteiger partial charge in [0.25, 0.3) is 0 Å². The summed E-state index contributed by atoms with van der Waals surface area (Å²) in [5, 5.41) is 7.05. The number of likely N-dealkylation sites (tertiary alicyclic amines) is 1. The van der Waals surface area contributed by atoms with E-state index in [1.54, 1.807) is 0 Å². The van der Waals surface area contributed by atoms with E-state index in [0.29, 0.717) is 11.5 Å². The molecule has 0 aromatic carbocycles. The Morgan fingerprint density at radius 2 is 1.83 bits per heavy atom. The average Bonchev–Trinajstić information content (AvgIpc) is 2.42. The molecule has 0 radical (unpaired) electrons. The van der Waals surface area contributed by atoms with Crippen molar-refractivity contribution in [2.24, 2.45) is 16.3 Å². The first-order valence-electron chi connectivity index (χ1n) is 8.99. The predicted octanol–water partition coefficient (Wildman–Crippen LogP) is 3.72. The highest BCUT2D eigenvalue weighted by Gasteiger charge is 2.20. The lowest BCUT2D eigenvalue weighted by molar-refractivity contribution is 0.187. The number of nitrogens with zero attached hydrogens (tertiary/aromatic N) is 2. The van der Waals surface area contributed by atoms with Crippen molar-refractivity contribution in [3.8, 4) is 0 Å². The summed E-state index contributed by atoms with van der Waals surface area (Å²) in [4.78, 5) is 6.95. The number of piperidine rings is 1. The molecule has 0 aliphatic carbocycles. The van der Waals surface area contributed by atoms with Crippen molar-refractivity contribution in [3.05, 3.63) is 0 Å². The fraction of sp³-hybridized carbons (Fsp3) is 0.944. The van der Waals surface area contributed by atoms with Crippen LogP contribution in [0.4, 0.5) is 0 Å². The predicted molar refractivity (Wildman–Crippen MR) is 113 cm³/mol. The molecule has 0 spiro atoms. The van der Waals surface area contributed by atoms with Crippen molar-refractivity contribution in [2.45, 2.75) is 66.3 Å². The maximum atomic E-state index is 4.36. The molecule has 0 amide bonds. The van der Waals surface area contributed by atoms with Gasteiger partial charge in [0, 0.05) is 39.3 Å². The lowest BCUT2D eigenvalue weighted by Gasteiger charge is -2.34. The van der Waals surface area contributed by atoms with Crippen LogP contribution in [0.25, 0.3) is 0 Å². The summed E-state index contributed by atoms with van der Waals surface area (Å²) in [6.45, 7) is 16.1. The van der Waals surface area contributed by atoms with Crippen molar-refractivity contribution in [1.82, 2.24) is 15.5 Å². The lowest BCUT2D eigenvalue weighted by Crippen LogP contribution is -2.49. The molecule has 1 rings (SSSR count). The van der Waals surface area contributed by atoms with Gasteiger partial charge in [-0.25, -0.2) is 0 Å². The largest absolute Gasteiger partial charge is 0.356 e. The molecule has 23 heavy (non-hydrogen) atoms. The van der Waals surface area contributed by atoms with Crippen LogP contribution >= 0.6 is 24.0 Å². The van der Waals surface area contributed by atoms with Crippen molar-refractivity contribution in [3.63, 3.8) is 0 Å². The average molecular weight is 438 g/mol. The summed E-state index contributed by atoms with van der Waals surface area (Å²) in [7, 11) is 1.87. The van der Waals surface area contributed by atoms with Gasteiger partial charge in [0.2, 0.25) is 0 Å². The summed E-state index contributed by atoms with van der Waals surface area (Å²) < 4.78 is 0. The topological polar surface area (TPSA) is 39.7 Å². The second kappa shape index (κ2) is 11.5. The minimum Gasteiger partial charge on any atom is -0.356 e. The first-order chi connectivity index (χ1) is 10.3. The standard InChI is InChI=1S/C18H38N4.HI/c1-15(2)14-22-12-8-16(9-13-22)21-17(19-6)20-11-7-10-18(3,4)5;/h15-16H,7-14H2,1-6H3,(H2,19,20,21);1H. The third kappa shape index (κ3) is 11.2. The van der Waals surface area contributed by atoms with Crippen LogP contribution in [0, 0.1) is 11.3 Å². The number of hydrogen-bond acceptors (Lipinski definition) is 2. The van der Waals surface area contributed by atoms with Crippen molar-refractivity contribution in [1.29, 1.82) is 0 Å². The first-order valence-corrected chi connectivity index (χ1v) is 8.99. The van der Waals surface area contributed by atoms with Gasteiger partial charge in [-0.05, 0) is 37.0 Å². The smallest absolute Gasteiger partial charge is 0.191 e. The van der Waals surface area contributed by atoms with E-state index in [1.165, 1.54) is 45.3 Å². The number of hydrogen-bond donors (Lipinski definition) is 2. The van der Waals surface area contributed by atoms with E-state index in [2.05, 4.69) is 55.1 Å². The monoisotopic (exact) mass is 438 g/mol. The molecule has 1 aliphatic rings. The van der Waals surface area contributed by atoms with E-state index >= 15 is 0 Å². The second-order valence-corrected chi connectivity index (χ2v) is 8.28. The molecule has 0 unspecified atom stereocenters. The first kappa shape index (κ1) is 23.0. The van der Waals surface area contributed by atoms with E-state index in [-0.39, 0.29) is 24.0 Å². The number of rotatable bonds is 6. The van der Waals surface area contributed by atoms with Gasteiger partial charge < -0.3 is 15.5 Å². The molecule has 1 saturated heterocycles. The van der Waals surface area contributed by atoms with Crippen LogP contribution in [-0.2, 0) is 0 Å². The van der Waals surface area contributed by atoms with Gasteiger partial charge >= 0.3 is 0 Å². The number of guanidine groups is 1. The Labute approximate surface area is 161 Å². The van der Waals surface area contributed by atoms with E-state index in [1.807, 2.05) is 7.05 Å². The molecule has 1 fully saturated rings. The Kier molecular flexibility index (Phi) is 11.5. The maximum absolute atomic E-state index is 4.36. The SMILES string of the molecule is CN=C(NCCCC(C)(C)C)NC1CCN(CC(C)C)CC1.I. The molecule has 4 nitrogen and oxygen atoms in total. The Balaban J connectivity index is 0.00000484. The van der Waals surface area contributed by atoms with E-state index in [4.69, 9.17) is 0 Å². The van der Waals surface area contributed by atoms with Gasteiger partial charge in [-0.2, -0.15) is 0 Å². The highest BCUT2D eigenvalue weighted by Crippen LogP contribution is 2.19. The van der Waals surface area contributed by atoms with Crippen molar-refractivity contribution < 1.29 is 0 Å². The van der Waals surface area contributed by atoms with Gasteiger partial charge in [-0.3, -0.25) is 4.99 Å². The molecule has 138 valence electrons. The minimum absolute atomic E-state index is 0. The zero-order chi connectivity index (χ0) is 16.6. The van der Waals surface area contributed by atoms with Gasteiger partial charge in [0.15, 0.2) is 5.96 Å². The van der Waals surface area contributed by atoms with Gasteiger partial charge in [0.05, 0.1) is 0 Å². The quantitative estimate of drug-likeness (QED) is 0.288. The Morgan fingerprint density at radius 1 is 1.22 bits per heavy atom. The highest BCUT2D eigenvalue weighted by atomic mass is 127. The summed E-state index contributed by atoms with van der Waals surface area (Å²) in [5.41, 5.74) is 0.419. The number of aliphatic imine (C=N–C) groups is 1. The Morgan fingerprint density at radius 3 is 2.30 bits per heavy atom. The fourth-order valence-corrected chi connectivity index (χ4v) is 2.99. The molecular weight excluding hydrogens is 399 g/mol. The summed E-state index contributed by atoms with van der Waals surface area (Å²) in [5.74, 6) is 1.73. The summed E-state index contributed by atoms with van der Waals surface area (Å²) in [6, 6.07) is 0.567. The Bertz CT molecular complexity index is 328. The molecule has 2 N–H and O–H groups in total. The zero-order valence-corrected chi connectivity index (χ0v) is 18.4. The molecule has 0 atom stereocenters. The second-order valence-electron chi connectivity index (χ2n) is 8.28. The van der Waals surface area contributed by atoms with E-state index in [0.717, 1.165) is 18.4 Å². The van der Waals surface area contributed by atoms with Gasteiger partial charge in [-0.15, -0.1) is 24.0 Å². The van der Waals surface area contributed by atoms with Crippen LogP contribution in [0.1, 0.15) is 60.3 Å². The van der Waals surface area contributed by atoms with Crippen LogP contribution in [0.2, 0.25) is 0 Å². The molecule has 0 bridgehead atoms. The third-order valence-electron chi connectivity index (χ3n) is 4.17. The molecule has 1 heterocycles. The summed E-state index contributed by atoms with van der Waals surface area (Å²) in [6.07, 6.45) is 4.87. The molecule has 1 aliphatic heterocycles. The van der Waals surface area contributed by atoms with Crippen molar-refractivity contribution in [2.75, 3.05) is 33.2 Å². The molecule has 5 heteroatoms. The maximum Gasteiger partial charge on any atom is 0.191 e. The molecular formula is C18H39IN4. The minimum atomic E-state index is 0. The summed E-state index contributed by atoms with van der Waals surface area (Å²) >= 11 is 0. The van der Waals surface area contributed by atoms with Gasteiger partial charge in [-0.1, -0.05) is 34.6 Å². The van der Waals surface area contributed by atoms with Crippen LogP contribution in [-0.4, -0.2) is 50.1 Å². The number of nitrogens with one attached hydrogen (secondary N) is 2.